The Hall–Kier alpha value is -1.67. The zero-order valence-corrected chi connectivity index (χ0v) is 13.3. The number of carbonyl (C=O) groups is 1. The molecule has 1 aromatic rings. The molecule has 0 saturated carbocycles. The van der Waals surface area contributed by atoms with Gasteiger partial charge in [0.25, 0.3) is 0 Å². The lowest BCUT2D eigenvalue weighted by molar-refractivity contribution is -0.123. The first-order valence-corrected chi connectivity index (χ1v) is 7.56. The predicted octanol–water partition coefficient (Wildman–Crippen LogP) is 0.617. The highest BCUT2D eigenvalue weighted by molar-refractivity contribution is 5.74. The van der Waals surface area contributed by atoms with Crippen molar-refractivity contribution in [2.45, 2.75) is 0 Å². The van der Waals surface area contributed by atoms with Crippen LogP contribution in [0, 0.1) is 0 Å². The van der Waals surface area contributed by atoms with Crippen molar-refractivity contribution in [3.63, 3.8) is 0 Å². The molecule has 2 N–H and O–H groups in total. The third-order valence-electron chi connectivity index (χ3n) is 2.60. The van der Waals surface area contributed by atoms with Crippen LogP contribution in [-0.4, -0.2) is 65.4 Å². The molecule has 130 valence electrons. The van der Waals surface area contributed by atoms with Gasteiger partial charge in [-0.25, -0.2) is 0 Å². The van der Waals surface area contributed by atoms with E-state index in [0.29, 0.717) is 52.9 Å². The van der Waals surface area contributed by atoms with Crippen LogP contribution in [0.25, 0.3) is 0 Å². The van der Waals surface area contributed by atoms with Gasteiger partial charge < -0.3 is 29.4 Å². The molecular formula is C16H25NO6. The summed E-state index contributed by atoms with van der Waals surface area (Å²) < 4.78 is 26.4. The number of rotatable bonds is 15. The van der Waals surface area contributed by atoms with Crippen molar-refractivity contribution >= 4 is 5.91 Å². The van der Waals surface area contributed by atoms with Crippen molar-refractivity contribution in [3.8, 4) is 5.75 Å². The molecule has 0 fully saturated rings. The van der Waals surface area contributed by atoms with Crippen LogP contribution in [0.4, 0.5) is 0 Å². The van der Waals surface area contributed by atoms with Crippen LogP contribution in [0.3, 0.4) is 0 Å². The van der Waals surface area contributed by atoms with Crippen LogP contribution < -0.4 is 10.5 Å². The second-order valence-electron chi connectivity index (χ2n) is 4.52. The van der Waals surface area contributed by atoms with Crippen molar-refractivity contribution in [2.24, 2.45) is 5.73 Å². The smallest absolute Gasteiger partial charge is 0.243 e. The Labute approximate surface area is 136 Å². The summed E-state index contributed by atoms with van der Waals surface area (Å²) in [5, 5.41) is 0. The van der Waals surface area contributed by atoms with E-state index in [-0.39, 0.29) is 6.61 Å². The number of amides is 1. The van der Waals surface area contributed by atoms with Gasteiger partial charge in [-0.05, 0) is 12.1 Å². The zero-order chi connectivity index (χ0) is 16.6. The Bertz CT molecular complexity index is 401. The van der Waals surface area contributed by atoms with Gasteiger partial charge in [0, 0.05) is 0 Å². The van der Waals surface area contributed by atoms with E-state index in [9.17, 15) is 4.79 Å². The molecular weight excluding hydrogens is 302 g/mol. The second-order valence-corrected chi connectivity index (χ2v) is 4.52. The SMILES string of the molecule is NC(=O)COCCOCCOCCOCCOc1ccccc1. The zero-order valence-electron chi connectivity index (χ0n) is 13.3. The van der Waals surface area contributed by atoms with Crippen LogP contribution >= 0.6 is 0 Å². The standard InChI is InChI=1S/C16H25NO6/c17-16(18)14-22-11-10-20-7-6-19-8-9-21-12-13-23-15-4-2-1-3-5-15/h1-5H,6-14H2,(H2,17,18). The highest BCUT2D eigenvalue weighted by Gasteiger charge is 1.95. The summed E-state index contributed by atoms with van der Waals surface area (Å²) in [6.45, 7) is 3.68. The minimum Gasteiger partial charge on any atom is -0.491 e. The molecule has 0 radical (unpaired) electrons. The fourth-order valence-corrected chi connectivity index (χ4v) is 1.57. The molecule has 1 amide bonds. The van der Waals surface area contributed by atoms with E-state index < -0.39 is 5.91 Å². The maximum atomic E-state index is 10.4. The molecule has 0 aliphatic carbocycles. The first-order valence-electron chi connectivity index (χ1n) is 7.56. The van der Waals surface area contributed by atoms with E-state index in [2.05, 4.69) is 0 Å². The first kappa shape index (κ1) is 19.4. The van der Waals surface area contributed by atoms with Gasteiger partial charge in [0.2, 0.25) is 5.91 Å². The number of hydrogen-bond acceptors (Lipinski definition) is 6. The van der Waals surface area contributed by atoms with E-state index in [1.165, 1.54) is 0 Å². The quantitative estimate of drug-likeness (QED) is 0.475. The van der Waals surface area contributed by atoms with Gasteiger partial charge in [0.1, 0.15) is 19.0 Å². The lowest BCUT2D eigenvalue weighted by Gasteiger charge is -2.08. The molecule has 23 heavy (non-hydrogen) atoms. The normalized spacial score (nSPS) is 10.6. The molecule has 0 unspecified atom stereocenters. The van der Waals surface area contributed by atoms with Crippen molar-refractivity contribution in [2.75, 3.05) is 59.5 Å². The summed E-state index contributed by atoms with van der Waals surface area (Å²) in [5.74, 6) is 0.354. The van der Waals surface area contributed by atoms with Crippen molar-refractivity contribution < 1.29 is 28.5 Å². The lowest BCUT2D eigenvalue weighted by Crippen LogP contribution is -2.20. The molecule has 0 aromatic heterocycles. The molecule has 7 heteroatoms. The van der Waals surface area contributed by atoms with Crippen molar-refractivity contribution in [3.05, 3.63) is 30.3 Å². The van der Waals surface area contributed by atoms with Crippen molar-refractivity contribution in [1.29, 1.82) is 0 Å². The summed E-state index contributed by atoms with van der Waals surface area (Å²) in [6.07, 6.45) is 0. The molecule has 1 rings (SSSR count). The predicted molar refractivity (Wildman–Crippen MR) is 84.4 cm³/mol. The summed E-state index contributed by atoms with van der Waals surface area (Å²) in [5.41, 5.74) is 4.92. The first-order chi connectivity index (χ1) is 11.3. The van der Waals surface area contributed by atoms with Crippen molar-refractivity contribution in [1.82, 2.24) is 0 Å². The Balaban J connectivity index is 1.74. The Morgan fingerprint density at radius 2 is 1.22 bits per heavy atom. The van der Waals surface area contributed by atoms with Crippen LogP contribution in [-0.2, 0) is 23.7 Å². The van der Waals surface area contributed by atoms with Crippen LogP contribution in [0.5, 0.6) is 5.75 Å². The monoisotopic (exact) mass is 327 g/mol. The van der Waals surface area contributed by atoms with E-state index in [4.69, 9.17) is 29.4 Å². The number of hydrogen-bond donors (Lipinski definition) is 1. The average molecular weight is 327 g/mol. The van der Waals surface area contributed by atoms with Crippen LogP contribution in [0.15, 0.2) is 30.3 Å². The van der Waals surface area contributed by atoms with Gasteiger partial charge >= 0.3 is 0 Å². The topological polar surface area (TPSA) is 89.2 Å². The number of ether oxygens (including phenoxy) is 5. The summed E-state index contributed by atoms with van der Waals surface area (Å²) in [4.78, 5) is 10.4. The third-order valence-corrected chi connectivity index (χ3v) is 2.60. The average Bonchev–Trinajstić information content (AvgIpc) is 2.56. The van der Waals surface area contributed by atoms with E-state index >= 15 is 0 Å². The highest BCUT2D eigenvalue weighted by atomic mass is 16.6. The largest absolute Gasteiger partial charge is 0.491 e. The number of para-hydroxylation sites is 1. The Kier molecular flexibility index (Phi) is 11.8. The number of carbonyl (C=O) groups excluding carboxylic acids is 1. The number of benzene rings is 1. The molecule has 0 saturated heterocycles. The Morgan fingerprint density at radius 3 is 1.74 bits per heavy atom. The molecule has 1 aromatic carbocycles. The third kappa shape index (κ3) is 12.5. The molecule has 0 aliphatic heterocycles. The maximum absolute atomic E-state index is 10.4. The highest BCUT2D eigenvalue weighted by Crippen LogP contribution is 2.07. The van der Waals surface area contributed by atoms with E-state index in [1.54, 1.807) is 0 Å². The Morgan fingerprint density at radius 1 is 0.739 bits per heavy atom. The van der Waals surface area contributed by atoms with Gasteiger partial charge in [-0.3, -0.25) is 4.79 Å². The van der Waals surface area contributed by atoms with Gasteiger partial charge in [-0.2, -0.15) is 0 Å². The van der Waals surface area contributed by atoms with Gasteiger partial charge in [-0.15, -0.1) is 0 Å². The minimum atomic E-state index is -0.484. The molecule has 0 heterocycles. The van der Waals surface area contributed by atoms with Gasteiger partial charge in [0.05, 0.1) is 46.2 Å². The fraction of sp³-hybridized carbons (Fsp3) is 0.562. The molecule has 0 bridgehead atoms. The summed E-state index contributed by atoms with van der Waals surface area (Å²) >= 11 is 0. The number of primary amides is 1. The molecule has 0 atom stereocenters. The van der Waals surface area contributed by atoms with E-state index in [1.807, 2.05) is 30.3 Å². The minimum absolute atomic E-state index is 0.0782. The second kappa shape index (κ2) is 14.0. The maximum Gasteiger partial charge on any atom is 0.243 e. The number of nitrogens with two attached hydrogens (primary N) is 1. The summed E-state index contributed by atoms with van der Waals surface area (Å²) in [6, 6.07) is 9.61. The molecule has 7 nitrogen and oxygen atoms in total. The molecule has 0 spiro atoms. The van der Waals surface area contributed by atoms with Crippen LogP contribution in [0.1, 0.15) is 0 Å². The molecule has 0 aliphatic rings. The van der Waals surface area contributed by atoms with Crippen LogP contribution in [0.2, 0.25) is 0 Å². The van der Waals surface area contributed by atoms with Gasteiger partial charge in [0.15, 0.2) is 0 Å². The lowest BCUT2D eigenvalue weighted by atomic mass is 10.3. The fourth-order valence-electron chi connectivity index (χ4n) is 1.57. The van der Waals surface area contributed by atoms with E-state index in [0.717, 1.165) is 5.75 Å². The summed E-state index contributed by atoms with van der Waals surface area (Å²) in [7, 11) is 0. The van der Waals surface area contributed by atoms with Gasteiger partial charge in [-0.1, -0.05) is 18.2 Å².